The maximum atomic E-state index is 11.2. The van der Waals surface area contributed by atoms with Gasteiger partial charge in [-0.15, -0.1) is 11.8 Å². The number of aromatic nitrogens is 1. The third-order valence-electron chi connectivity index (χ3n) is 1.41. The van der Waals surface area contributed by atoms with E-state index in [0.29, 0.717) is 18.5 Å². The van der Waals surface area contributed by atoms with Crippen molar-refractivity contribution < 1.29 is 9.32 Å². The van der Waals surface area contributed by atoms with E-state index in [9.17, 15) is 4.79 Å². The maximum Gasteiger partial charge on any atom is 0.256 e. The lowest BCUT2D eigenvalue weighted by Crippen LogP contribution is -2.23. The van der Waals surface area contributed by atoms with Crippen LogP contribution in [-0.4, -0.2) is 17.6 Å². The minimum atomic E-state index is -0.181. The topological polar surface area (TPSA) is 55.1 Å². The van der Waals surface area contributed by atoms with Gasteiger partial charge < -0.3 is 9.84 Å². The van der Waals surface area contributed by atoms with Crippen LogP contribution in [0.3, 0.4) is 0 Å². The van der Waals surface area contributed by atoms with Crippen LogP contribution >= 0.6 is 0 Å². The van der Waals surface area contributed by atoms with Crippen molar-refractivity contribution >= 4 is 5.91 Å². The third-order valence-corrected chi connectivity index (χ3v) is 1.41. The Morgan fingerprint density at radius 1 is 1.77 bits per heavy atom. The van der Waals surface area contributed by atoms with Gasteiger partial charge in [0.2, 0.25) is 0 Å². The Bertz CT molecular complexity index is 319. The van der Waals surface area contributed by atoms with Crippen molar-refractivity contribution in [1.82, 2.24) is 10.5 Å². The molecule has 0 aliphatic carbocycles. The zero-order valence-electron chi connectivity index (χ0n) is 7.33. The van der Waals surface area contributed by atoms with Gasteiger partial charge in [0.15, 0.2) is 0 Å². The molecular formula is C9H10N2O2. The Kier molecular flexibility index (Phi) is 3.58. The minimum absolute atomic E-state index is 0.181. The van der Waals surface area contributed by atoms with Crippen molar-refractivity contribution in [1.29, 1.82) is 0 Å². The fourth-order valence-electron chi connectivity index (χ4n) is 0.783. The highest BCUT2D eigenvalue weighted by molar-refractivity contribution is 5.93. The molecule has 0 saturated heterocycles. The molecular weight excluding hydrogens is 168 g/mol. The van der Waals surface area contributed by atoms with E-state index in [1.807, 2.05) is 0 Å². The molecule has 1 aromatic heterocycles. The summed E-state index contributed by atoms with van der Waals surface area (Å²) in [5, 5.41) is 6.10. The monoisotopic (exact) mass is 178 g/mol. The summed E-state index contributed by atoms with van der Waals surface area (Å²) < 4.78 is 4.52. The Labute approximate surface area is 76.3 Å². The molecule has 1 aromatic rings. The Hall–Kier alpha value is -1.76. The number of amides is 1. The summed E-state index contributed by atoms with van der Waals surface area (Å²) in [6, 6.07) is 0. The lowest BCUT2D eigenvalue weighted by molar-refractivity contribution is 0.0954. The van der Waals surface area contributed by atoms with Crippen LogP contribution in [-0.2, 0) is 0 Å². The van der Waals surface area contributed by atoms with Gasteiger partial charge in [0.05, 0.1) is 11.8 Å². The maximum absolute atomic E-state index is 11.2. The number of nitrogens with one attached hydrogen (secondary N) is 1. The van der Waals surface area contributed by atoms with Crippen LogP contribution in [0.25, 0.3) is 0 Å². The number of hydrogen-bond acceptors (Lipinski definition) is 3. The summed E-state index contributed by atoms with van der Waals surface area (Å²) in [4.78, 5) is 11.2. The van der Waals surface area contributed by atoms with E-state index in [1.54, 1.807) is 6.92 Å². The van der Waals surface area contributed by atoms with Gasteiger partial charge in [-0.3, -0.25) is 4.79 Å². The first-order valence-electron chi connectivity index (χ1n) is 3.92. The summed E-state index contributed by atoms with van der Waals surface area (Å²) in [7, 11) is 0. The van der Waals surface area contributed by atoms with Crippen molar-refractivity contribution in [2.24, 2.45) is 0 Å². The number of nitrogens with zero attached hydrogens (tertiary/aromatic N) is 1. The van der Waals surface area contributed by atoms with Gasteiger partial charge in [-0.1, -0.05) is 5.16 Å². The second-order valence-electron chi connectivity index (χ2n) is 2.35. The van der Waals surface area contributed by atoms with Crippen molar-refractivity contribution in [3.05, 3.63) is 18.0 Å². The highest BCUT2D eigenvalue weighted by Gasteiger charge is 2.05. The Balaban J connectivity index is 2.29. The van der Waals surface area contributed by atoms with Gasteiger partial charge in [-0.05, 0) is 6.92 Å². The van der Waals surface area contributed by atoms with Crippen LogP contribution in [0.2, 0.25) is 0 Å². The van der Waals surface area contributed by atoms with E-state index >= 15 is 0 Å². The second kappa shape index (κ2) is 4.99. The van der Waals surface area contributed by atoms with E-state index in [-0.39, 0.29) is 5.91 Å². The van der Waals surface area contributed by atoms with Gasteiger partial charge in [0.1, 0.15) is 6.26 Å². The first kappa shape index (κ1) is 9.33. The number of hydrogen-bond donors (Lipinski definition) is 1. The summed E-state index contributed by atoms with van der Waals surface area (Å²) in [5.74, 6) is 5.41. The van der Waals surface area contributed by atoms with Crippen LogP contribution in [0, 0.1) is 11.8 Å². The lowest BCUT2D eigenvalue weighted by Gasteiger charge is -1.97. The standard InChI is InChI=1S/C9H10N2O2/c1-2-3-4-5-10-9(12)8-6-11-13-7-8/h6-7H,4-5H2,1H3,(H,10,12). The average molecular weight is 178 g/mol. The molecule has 1 rings (SSSR count). The lowest BCUT2D eigenvalue weighted by atomic mass is 10.3. The van der Waals surface area contributed by atoms with Crippen LogP contribution in [0.5, 0.6) is 0 Å². The Morgan fingerprint density at radius 3 is 3.23 bits per heavy atom. The molecule has 0 radical (unpaired) electrons. The fraction of sp³-hybridized carbons (Fsp3) is 0.333. The molecule has 0 aliphatic heterocycles. The predicted molar refractivity (Wildman–Crippen MR) is 46.9 cm³/mol. The molecule has 4 nitrogen and oxygen atoms in total. The van der Waals surface area contributed by atoms with E-state index in [0.717, 1.165) is 0 Å². The van der Waals surface area contributed by atoms with Crippen LogP contribution in [0.1, 0.15) is 23.7 Å². The normalized spacial score (nSPS) is 8.69. The van der Waals surface area contributed by atoms with Gasteiger partial charge in [0.25, 0.3) is 5.91 Å². The molecule has 0 spiro atoms. The largest absolute Gasteiger partial charge is 0.364 e. The Morgan fingerprint density at radius 2 is 2.62 bits per heavy atom. The van der Waals surface area contributed by atoms with Gasteiger partial charge in [0, 0.05) is 13.0 Å². The number of carbonyl (C=O) groups is 1. The van der Waals surface area contributed by atoms with Crippen molar-refractivity contribution in [3.63, 3.8) is 0 Å². The third kappa shape index (κ3) is 2.99. The van der Waals surface area contributed by atoms with Crippen LogP contribution in [0.4, 0.5) is 0 Å². The van der Waals surface area contributed by atoms with Gasteiger partial charge >= 0.3 is 0 Å². The molecule has 0 bridgehead atoms. The zero-order valence-corrected chi connectivity index (χ0v) is 7.33. The first-order chi connectivity index (χ1) is 6.34. The van der Waals surface area contributed by atoms with E-state index < -0.39 is 0 Å². The molecule has 1 heterocycles. The fourth-order valence-corrected chi connectivity index (χ4v) is 0.783. The molecule has 13 heavy (non-hydrogen) atoms. The van der Waals surface area contributed by atoms with E-state index in [4.69, 9.17) is 0 Å². The molecule has 0 saturated carbocycles. The zero-order chi connectivity index (χ0) is 9.52. The summed E-state index contributed by atoms with van der Waals surface area (Å²) in [6.45, 7) is 2.31. The molecule has 1 amide bonds. The van der Waals surface area contributed by atoms with Crippen molar-refractivity contribution in [2.45, 2.75) is 13.3 Å². The average Bonchev–Trinajstić information content (AvgIpc) is 2.65. The molecule has 4 heteroatoms. The van der Waals surface area contributed by atoms with Gasteiger partial charge in [-0.25, -0.2) is 0 Å². The molecule has 0 atom stereocenters. The smallest absolute Gasteiger partial charge is 0.256 e. The van der Waals surface area contributed by atoms with Gasteiger partial charge in [-0.2, -0.15) is 0 Å². The van der Waals surface area contributed by atoms with E-state index in [2.05, 4.69) is 26.8 Å². The van der Waals surface area contributed by atoms with Crippen LogP contribution in [0.15, 0.2) is 17.0 Å². The second-order valence-corrected chi connectivity index (χ2v) is 2.35. The molecule has 0 fully saturated rings. The molecule has 1 N–H and O–H groups in total. The summed E-state index contributed by atoms with van der Waals surface area (Å²) in [6.07, 6.45) is 3.34. The summed E-state index contributed by atoms with van der Waals surface area (Å²) in [5.41, 5.74) is 0.435. The quantitative estimate of drug-likeness (QED) is 0.550. The predicted octanol–water partition coefficient (Wildman–Crippen LogP) is 0.818. The van der Waals surface area contributed by atoms with Crippen molar-refractivity contribution in [3.8, 4) is 11.8 Å². The molecule has 0 unspecified atom stereocenters. The molecule has 68 valence electrons. The van der Waals surface area contributed by atoms with Crippen molar-refractivity contribution in [2.75, 3.05) is 6.54 Å². The minimum Gasteiger partial charge on any atom is -0.364 e. The van der Waals surface area contributed by atoms with Crippen LogP contribution < -0.4 is 5.32 Å². The molecule has 0 aliphatic rings. The first-order valence-corrected chi connectivity index (χ1v) is 3.92. The molecule has 0 aromatic carbocycles. The number of rotatable bonds is 3. The van der Waals surface area contributed by atoms with E-state index in [1.165, 1.54) is 12.5 Å². The summed E-state index contributed by atoms with van der Waals surface area (Å²) >= 11 is 0. The highest BCUT2D eigenvalue weighted by Crippen LogP contribution is 1.94. The number of carbonyl (C=O) groups excluding carboxylic acids is 1. The SMILES string of the molecule is CC#CCCNC(=O)c1cnoc1. The highest BCUT2D eigenvalue weighted by atomic mass is 16.5.